The van der Waals surface area contributed by atoms with E-state index in [4.69, 9.17) is 33.7 Å². The smallest absolute Gasteiger partial charge is 0.269 e. The van der Waals surface area contributed by atoms with E-state index in [9.17, 15) is 20.3 Å². The monoisotopic (exact) mass is 933 g/mol. The number of unbranched alkanes of at least 4 members (excludes halogenated alkanes) is 2. The van der Waals surface area contributed by atoms with Crippen molar-refractivity contribution in [2.75, 3.05) is 39.4 Å². The summed E-state index contributed by atoms with van der Waals surface area (Å²) in [7, 11) is 0. The molecule has 354 valence electrons. The number of benzene rings is 4. The molecule has 1 saturated carbocycles. The van der Waals surface area contributed by atoms with Crippen LogP contribution in [0.5, 0.6) is 28.7 Å². The average Bonchev–Trinajstić information content (AvgIpc) is 3.83. The topological polar surface area (TPSA) is 172 Å². The summed E-state index contributed by atoms with van der Waals surface area (Å²) in [5, 5.41) is 36.3. The van der Waals surface area contributed by atoms with Gasteiger partial charge in [-0.3, -0.25) is 14.9 Å². The van der Waals surface area contributed by atoms with Crippen molar-refractivity contribution in [2.45, 2.75) is 87.5 Å². The van der Waals surface area contributed by atoms with Gasteiger partial charge in [-0.05, 0) is 134 Å². The largest absolute Gasteiger partial charge is 0.459 e. The molecule has 1 amide bonds. The van der Waals surface area contributed by atoms with Gasteiger partial charge in [0, 0.05) is 60.3 Å². The quantitative estimate of drug-likeness (QED) is 0.0252. The highest BCUT2D eigenvalue weighted by Crippen LogP contribution is 2.62. The molecule has 2 aliphatic carbocycles. The lowest BCUT2D eigenvalue weighted by atomic mass is 9.55. The molecule has 4 aromatic carbocycles. The van der Waals surface area contributed by atoms with Crippen LogP contribution in [0.3, 0.4) is 0 Å². The molecule has 8 rings (SSSR count). The van der Waals surface area contributed by atoms with Gasteiger partial charge in [0.05, 0.1) is 23.2 Å². The number of aliphatic hydroxyl groups is 2. The van der Waals surface area contributed by atoms with Crippen molar-refractivity contribution in [2.24, 2.45) is 22.9 Å². The minimum Gasteiger partial charge on any atom is -0.459 e. The third-order valence-electron chi connectivity index (χ3n) is 13.2. The second kappa shape index (κ2) is 21.8. The summed E-state index contributed by atoms with van der Waals surface area (Å²) in [6, 6.07) is 24.5. The van der Waals surface area contributed by atoms with Crippen LogP contribution in [0, 0.1) is 27.9 Å². The standard InChI is InChI=1S/C52H59N3O11S/c1-4-24-54(51(58)36-14-22-46-47(29-36)62-33-61-46)48-31-44(53-64-32-34-12-15-37(16-13-34)55(59)60)42-28-35(10-6-8-25-56)41(11-7-9-26-57)49-43-30-39(65-38-17-20-40(67-3)21-18-38)19-23-45(43)66-52(48,50(42)49)63-27-5-2/h5,12-23,28-30,35,41,48-50,56-57H,2,4,6-11,24-27,31-33H2,1,3H3/t35-,41+,48-,49+,50+,52+/m0/s1. The van der Waals surface area contributed by atoms with Crippen LogP contribution in [-0.2, 0) is 16.2 Å². The maximum atomic E-state index is 15.2. The highest BCUT2D eigenvalue weighted by Gasteiger charge is 2.65. The molecule has 4 aliphatic rings. The van der Waals surface area contributed by atoms with Gasteiger partial charge in [-0.15, -0.1) is 18.3 Å². The summed E-state index contributed by atoms with van der Waals surface area (Å²) in [6.45, 7) is 6.80. The minimum atomic E-state index is -1.46. The molecule has 0 bridgehead atoms. The van der Waals surface area contributed by atoms with E-state index in [0.29, 0.717) is 71.4 Å². The predicted octanol–water partition coefficient (Wildman–Crippen LogP) is 10.2. The lowest BCUT2D eigenvalue weighted by Crippen LogP contribution is -2.70. The number of carbonyl (C=O) groups excluding carboxylic acids is 1. The first-order valence-electron chi connectivity index (χ1n) is 23.2. The van der Waals surface area contributed by atoms with E-state index in [1.807, 2.05) is 54.5 Å². The molecule has 2 heterocycles. The molecule has 0 aromatic heterocycles. The number of hydrogen-bond donors (Lipinski definition) is 2. The highest BCUT2D eigenvalue weighted by atomic mass is 32.2. The Bertz CT molecular complexity index is 2440. The van der Waals surface area contributed by atoms with E-state index >= 15 is 4.79 Å². The van der Waals surface area contributed by atoms with Crippen molar-refractivity contribution in [3.05, 3.63) is 136 Å². The Morgan fingerprint density at radius 2 is 1.69 bits per heavy atom. The molecule has 2 aliphatic heterocycles. The molecule has 0 radical (unpaired) electrons. The van der Waals surface area contributed by atoms with Crippen molar-refractivity contribution in [1.29, 1.82) is 0 Å². The van der Waals surface area contributed by atoms with Crippen LogP contribution in [0.15, 0.2) is 119 Å². The molecule has 2 N–H and O–H groups in total. The van der Waals surface area contributed by atoms with Crippen molar-refractivity contribution in [3.63, 3.8) is 0 Å². The van der Waals surface area contributed by atoms with E-state index in [0.717, 1.165) is 41.7 Å². The molecule has 15 heteroatoms. The number of ether oxygens (including phenoxy) is 5. The second-order valence-corrected chi connectivity index (χ2v) is 18.2. The molecule has 14 nitrogen and oxygen atoms in total. The van der Waals surface area contributed by atoms with E-state index in [1.165, 1.54) is 12.1 Å². The number of nitro benzene ring substituents is 1. The van der Waals surface area contributed by atoms with Gasteiger partial charge in [0.2, 0.25) is 12.6 Å². The van der Waals surface area contributed by atoms with E-state index in [1.54, 1.807) is 48.2 Å². The Labute approximate surface area is 395 Å². The molecule has 0 spiro atoms. The molecular formula is C52H59N3O11S. The maximum Gasteiger partial charge on any atom is 0.269 e. The first-order chi connectivity index (χ1) is 32.7. The fourth-order valence-corrected chi connectivity index (χ4v) is 10.6. The van der Waals surface area contributed by atoms with Crippen molar-refractivity contribution >= 4 is 29.1 Å². The number of nitrogens with zero attached hydrogens (tertiary/aromatic N) is 3. The van der Waals surface area contributed by atoms with Crippen LogP contribution in [0.4, 0.5) is 5.69 Å². The Morgan fingerprint density at radius 1 is 0.955 bits per heavy atom. The Hall–Kier alpha value is -5.87. The molecule has 67 heavy (non-hydrogen) atoms. The number of nitro groups is 1. The SMILES string of the molecule is C=CCO[C@@]12Oc3ccc(Oc4ccc(SC)cc4)cc3[C@H]3[C@H](CCCCO)[C@@H](CCCCO)C=C(C(=NOCc4ccc([N+](=O)[O-])cc4)C[C@@H]1N(CCC)C(=O)c1ccc4c(c1)OCO4)[C@H]32. The first kappa shape index (κ1) is 47.6. The van der Waals surface area contributed by atoms with E-state index in [2.05, 4.69) is 18.7 Å². The highest BCUT2D eigenvalue weighted by molar-refractivity contribution is 7.98. The van der Waals surface area contributed by atoms with Gasteiger partial charge in [0.1, 0.15) is 29.9 Å². The van der Waals surface area contributed by atoms with Gasteiger partial charge >= 0.3 is 0 Å². The van der Waals surface area contributed by atoms with Gasteiger partial charge < -0.3 is 43.6 Å². The third-order valence-corrected chi connectivity index (χ3v) is 14.0. The predicted molar refractivity (Wildman–Crippen MR) is 255 cm³/mol. The number of amides is 1. The van der Waals surface area contributed by atoms with Crippen LogP contribution < -0.4 is 18.9 Å². The Kier molecular flexibility index (Phi) is 15.5. The van der Waals surface area contributed by atoms with Crippen molar-refractivity contribution in [1.82, 2.24) is 4.90 Å². The number of rotatable bonds is 22. The zero-order chi connectivity index (χ0) is 46.9. The van der Waals surface area contributed by atoms with Crippen LogP contribution in [0.2, 0.25) is 0 Å². The summed E-state index contributed by atoms with van der Waals surface area (Å²) in [5.74, 6) is 0.525. The van der Waals surface area contributed by atoms with Crippen LogP contribution in [-0.4, -0.2) is 82.9 Å². The van der Waals surface area contributed by atoms with Gasteiger partial charge in [0.25, 0.3) is 11.6 Å². The van der Waals surface area contributed by atoms with Crippen LogP contribution >= 0.6 is 11.8 Å². The zero-order valence-corrected chi connectivity index (χ0v) is 38.9. The number of fused-ring (bicyclic) bond motifs is 3. The summed E-state index contributed by atoms with van der Waals surface area (Å²) < 4.78 is 32.4. The molecule has 1 fully saturated rings. The average molecular weight is 934 g/mol. The number of hydrogen-bond acceptors (Lipinski definition) is 13. The second-order valence-electron chi connectivity index (χ2n) is 17.3. The summed E-state index contributed by atoms with van der Waals surface area (Å²) >= 11 is 1.66. The number of non-ortho nitro benzene ring substituents is 1. The summed E-state index contributed by atoms with van der Waals surface area (Å²) in [5.41, 5.74) is 3.54. The zero-order valence-electron chi connectivity index (χ0n) is 38.0. The summed E-state index contributed by atoms with van der Waals surface area (Å²) in [4.78, 5) is 35.3. The molecule has 0 unspecified atom stereocenters. The Morgan fingerprint density at radius 3 is 2.40 bits per heavy atom. The van der Waals surface area contributed by atoms with Crippen molar-refractivity contribution in [3.8, 4) is 28.7 Å². The third kappa shape index (κ3) is 10.2. The van der Waals surface area contributed by atoms with E-state index in [-0.39, 0.29) is 69.0 Å². The fourth-order valence-electron chi connectivity index (χ4n) is 10.2. The number of thioether (sulfide) groups is 1. The van der Waals surface area contributed by atoms with Crippen LogP contribution in [0.25, 0.3) is 0 Å². The lowest BCUT2D eigenvalue weighted by molar-refractivity contribution is -0.384. The van der Waals surface area contributed by atoms with Crippen LogP contribution in [0.1, 0.15) is 85.7 Å². The Balaban J connectivity index is 1.31. The molecule has 0 saturated heterocycles. The van der Waals surface area contributed by atoms with Crippen molar-refractivity contribution < 1.29 is 48.5 Å². The fraction of sp³-hybridized carbons (Fsp3) is 0.423. The number of oxime groups is 1. The molecule has 4 aromatic rings. The maximum absolute atomic E-state index is 15.2. The molecule has 6 atom stereocenters. The number of aliphatic hydroxyl groups excluding tert-OH is 2. The van der Waals surface area contributed by atoms with E-state index < -0.39 is 22.7 Å². The summed E-state index contributed by atoms with van der Waals surface area (Å²) in [6.07, 6.45) is 11.2. The number of carbonyl (C=O) groups is 1. The van der Waals surface area contributed by atoms with Gasteiger partial charge in [-0.2, -0.15) is 0 Å². The van der Waals surface area contributed by atoms with Gasteiger partial charge in [-0.25, -0.2) is 0 Å². The normalized spacial score (nSPS) is 22.8. The van der Waals surface area contributed by atoms with Gasteiger partial charge in [-0.1, -0.05) is 37.1 Å². The van der Waals surface area contributed by atoms with Gasteiger partial charge in [0.15, 0.2) is 11.5 Å². The number of allylic oxidation sites excluding steroid dienone is 1. The minimum absolute atomic E-state index is 0.00896. The molecular weight excluding hydrogens is 875 g/mol. The first-order valence-corrected chi connectivity index (χ1v) is 24.4. The lowest BCUT2D eigenvalue weighted by Gasteiger charge is -2.60.